The molecule has 0 aliphatic carbocycles. The first-order valence-corrected chi connectivity index (χ1v) is 17.1. The van der Waals surface area contributed by atoms with Crippen LogP contribution >= 0.6 is 0 Å². The monoisotopic (exact) mass is 659 g/mol. The van der Waals surface area contributed by atoms with Crippen LogP contribution in [0.1, 0.15) is 66.3 Å². The number of rotatable bonds is 7. The number of likely N-dealkylation sites (tertiary alicyclic amines) is 1. The summed E-state index contributed by atoms with van der Waals surface area (Å²) >= 11 is 0. The Bertz CT molecular complexity index is 2250. The number of aromatic nitrogens is 4. The van der Waals surface area contributed by atoms with E-state index in [0.717, 1.165) is 60.3 Å². The molecule has 4 aromatic carbocycles. The SMILES string of the molecule is CC(C)c1c(-c2ccnc3c2cnn3C(c2ccccc2)(c2ccccc2)c2ccccc2)[nH]c2ccc(C3CCN(C(=O)O)C(=O)C3)cc12. The standard InChI is InChI=1S/C42H37N5O3/c1-27(2)38-34-24-28(29-21-23-46(41(49)50)37(48)25-29)18-19-36(34)45-39(38)33-20-22-43-40-35(33)26-44-47(40)42(30-12-6-3-7-13-30,31-14-8-4-9-15-31)32-16-10-5-11-17-32/h3-20,22,24,26-27,29,45H,21,23,25H2,1-2H3,(H,49,50). The highest BCUT2D eigenvalue weighted by molar-refractivity contribution is 5.99. The Hall–Kier alpha value is -6.02. The summed E-state index contributed by atoms with van der Waals surface area (Å²) in [4.78, 5) is 33.8. The van der Waals surface area contributed by atoms with Gasteiger partial charge in [0.05, 0.1) is 11.9 Å². The lowest BCUT2D eigenvalue weighted by Crippen LogP contribution is -2.41. The second kappa shape index (κ2) is 12.5. The van der Waals surface area contributed by atoms with Gasteiger partial charge in [0, 0.05) is 41.0 Å². The lowest BCUT2D eigenvalue weighted by molar-refractivity contribution is -0.131. The number of hydrogen-bond acceptors (Lipinski definition) is 4. The Morgan fingerprint density at radius 2 is 1.48 bits per heavy atom. The van der Waals surface area contributed by atoms with Gasteiger partial charge in [-0.15, -0.1) is 0 Å². The summed E-state index contributed by atoms with van der Waals surface area (Å²) in [5.74, 6) is -0.199. The second-order valence-corrected chi connectivity index (χ2v) is 13.4. The third-order valence-corrected chi connectivity index (χ3v) is 10.2. The van der Waals surface area contributed by atoms with E-state index in [4.69, 9.17) is 10.1 Å². The summed E-state index contributed by atoms with van der Waals surface area (Å²) in [6.45, 7) is 4.60. The van der Waals surface area contributed by atoms with E-state index < -0.39 is 11.6 Å². The molecule has 1 aliphatic heterocycles. The van der Waals surface area contributed by atoms with Crippen molar-refractivity contribution in [2.24, 2.45) is 0 Å². The molecule has 1 fully saturated rings. The van der Waals surface area contributed by atoms with Crippen LogP contribution < -0.4 is 0 Å². The number of pyridine rings is 1. The maximum atomic E-state index is 12.6. The van der Waals surface area contributed by atoms with Gasteiger partial charge in [-0.3, -0.25) is 4.79 Å². The molecule has 8 rings (SSSR count). The van der Waals surface area contributed by atoms with Crippen LogP contribution in [0, 0.1) is 0 Å². The first-order valence-electron chi connectivity index (χ1n) is 17.1. The normalized spacial score (nSPS) is 15.3. The number of H-pyrrole nitrogens is 1. The average molecular weight is 660 g/mol. The van der Waals surface area contributed by atoms with E-state index in [1.54, 1.807) is 0 Å². The summed E-state index contributed by atoms with van der Waals surface area (Å²) in [7, 11) is 0. The first-order chi connectivity index (χ1) is 24.4. The molecular formula is C42H37N5O3. The third-order valence-electron chi connectivity index (χ3n) is 10.2. The van der Waals surface area contributed by atoms with Gasteiger partial charge in [0.1, 0.15) is 5.54 Å². The molecule has 1 unspecified atom stereocenters. The van der Waals surface area contributed by atoms with Gasteiger partial charge in [-0.05, 0) is 64.3 Å². The number of amides is 2. The molecule has 8 nitrogen and oxygen atoms in total. The van der Waals surface area contributed by atoms with Gasteiger partial charge in [0.2, 0.25) is 5.91 Å². The van der Waals surface area contributed by atoms with Crippen LogP contribution in [-0.2, 0) is 10.3 Å². The Morgan fingerprint density at radius 3 is 2.04 bits per heavy atom. The Labute approximate surface area is 290 Å². The minimum Gasteiger partial charge on any atom is -0.465 e. The summed E-state index contributed by atoms with van der Waals surface area (Å²) in [6, 6.07) is 39.8. The van der Waals surface area contributed by atoms with Gasteiger partial charge in [-0.25, -0.2) is 19.4 Å². The van der Waals surface area contributed by atoms with Crippen LogP contribution in [0.3, 0.4) is 0 Å². The van der Waals surface area contributed by atoms with Crippen molar-refractivity contribution in [1.82, 2.24) is 24.6 Å². The number of imide groups is 1. The molecule has 2 N–H and O–H groups in total. The smallest absolute Gasteiger partial charge is 0.414 e. The van der Waals surface area contributed by atoms with Crippen LogP contribution in [0.4, 0.5) is 4.79 Å². The van der Waals surface area contributed by atoms with Crippen molar-refractivity contribution in [3.63, 3.8) is 0 Å². The molecule has 1 aliphatic rings. The molecular weight excluding hydrogens is 622 g/mol. The molecule has 1 atom stereocenters. The molecule has 4 heterocycles. The predicted molar refractivity (Wildman–Crippen MR) is 195 cm³/mol. The topological polar surface area (TPSA) is 104 Å². The zero-order chi connectivity index (χ0) is 34.4. The lowest BCUT2D eigenvalue weighted by atomic mass is 9.77. The number of fused-ring (bicyclic) bond motifs is 2. The van der Waals surface area contributed by atoms with Crippen molar-refractivity contribution in [1.29, 1.82) is 0 Å². The second-order valence-electron chi connectivity index (χ2n) is 13.4. The van der Waals surface area contributed by atoms with E-state index in [1.807, 2.05) is 30.6 Å². The quantitative estimate of drug-likeness (QED) is 0.166. The highest BCUT2D eigenvalue weighted by Gasteiger charge is 2.41. The van der Waals surface area contributed by atoms with E-state index in [-0.39, 0.29) is 30.7 Å². The highest BCUT2D eigenvalue weighted by atomic mass is 16.4. The van der Waals surface area contributed by atoms with Crippen LogP contribution in [-0.4, -0.2) is 48.3 Å². The number of piperidine rings is 1. The summed E-state index contributed by atoms with van der Waals surface area (Å²) in [5, 5.41) is 16.6. The number of hydrogen-bond donors (Lipinski definition) is 2. The van der Waals surface area contributed by atoms with E-state index in [1.165, 1.54) is 5.56 Å². The Morgan fingerprint density at radius 1 is 0.860 bits per heavy atom. The van der Waals surface area contributed by atoms with Gasteiger partial charge in [0.25, 0.3) is 0 Å². The first kappa shape index (κ1) is 31.3. The van der Waals surface area contributed by atoms with Gasteiger partial charge >= 0.3 is 6.09 Å². The number of carbonyl (C=O) groups excluding carboxylic acids is 1. The number of nitrogens with zero attached hydrogens (tertiary/aromatic N) is 4. The third kappa shape index (κ3) is 4.98. The van der Waals surface area contributed by atoms with Crippen molar-refractivity contribution in [2.45, 2.75) is 44.1 Å². The fourth-order valence-corrected chi connectivity index (χ4v) is 7.91. The van der Waals surface area contributed by atoms with E-state index in [2.05, 4.69) is 121 Å². The van der Waals surface area contributed by atoms with Gasteiger partial charge in [-0.1, -0.05) is 111 Å². The molecule has 3 aromatic heterocycles. The van der Waals surface area contributed by atoms with Crippen LogP contribution in [0.2, 0.25) is 0 Å². The number of nitrogens with one attached hydrogen (secondary N) is 1. The summed E-state index contributed by atoms with van der Waals surface area (Å²) in [6.07, 6.45) is 3.41. The molecule has 248 valence electrons. The molecule has 1 saturated heterocycles. The van der Waals surface area contributed by atoms with Crippen molar-refractivity contribution in [3.05, 3.63) is 155 Å². The molecule has 2 amide bonds. The van der Waals surface area contributed by atoms with Gasteiger partial charge in [-0.2, -0.15) is 5.10 Å². The number of carbonyl (C=O) groups is 2. The molecule has 8 heteroatoms. The number of carboxylic acid groups (broad SMARTS) is 1. The molecule has 0 saturated carbocycles. The fraction of sp³-hybridized carbons (Fsp3) is 0.190. The minimum atomic E-state index is -1.18. The zero-order valence-corrected chi connectivity index (χ0v) is 28.0. The van der Waals surface area contributed by atoms with E-state index in [0.29, 0.717) is 6.42 Å². The highest BCUT2D eigenvalue weighted by Crippen LogP contribution is 2.44. The number of aromatic amines is 1. The summed E-state index contributed by atoms with van der Waals surface area (Å²) in [5.41, 5.74) is 8.43. The van der Waals surface area contributed by atoms with Crippen molar-refractivity contribution in [3.8, 4) is 11.3 Å². The van der Waals surface area contributed by atoms with E-state index >= 15 is 0 Å². The Kier molecular flexibility index (Phi) is 7.79. The zero-order valence-electron chi connectivity index (χ0n) is 28.0. The maximum Gasteiger partial charge on any atom is 0.414 e. The lowest BCUT2D eigenvalue weighted by Gasteiger charge is -2.36. The molecule has 0 radical (unpaired) electrons. The van der Waals surface area contributed by atoms with Crippen molar-refractivity contribution >= 4 is 33.9 Å². The molecule has 0 bridgehead atoms. The van der Waals surface area contributed by atoms with Crippen LogP contribution in [0.15, 0.2) is 128 Å². The van der Waals surface area contributed by atoms with Crippen LogP contribution in [0.25, 0.3) is 33.2 Å². The van der Waals surface area contributed by atoms with Crippen molar-refractivity contribution in [2.75, 3.05) is 6.54 Å². The van der Waals surface area contributed by atoms with Gasteiger partial charge < -0.3 is 10.1 Å². The van der Waals surface area contributed by atoms with Crippen LogP contribution in [0.5, 0.6) is 0 Å². The number of benzene rings is 4. The van der Waals surface area contributed by atoms with E-state index in [9.17, 15) is 14.7 Å². The average Bonchev–Trinajstić information content (AvgIpc) is 3.75. The largest absolute Gasteiger partial charge is 0.465 e. The van der Waals surface area contributed by atoms with Crippen molar-refractivity contribution < 1.29 is 14.7 Å². The Balaban J connectivity index is 1.31. The molecule has 0 spiro atoms. The van der Waals surface area contributed by atoms with Gasteiger partial charge in [0.15, 0.2) is 5.65 Å². The maximum absolute atomic E-state index is 12.6. The molecule has 7 aromatic rings. The molecule has 50 heavy (non-hydrogen) atoms. The summed E-state index contributed by atoms with van der Waals surface area (Å²) < 4.78 is 2.07. The minimum absolute atomic E-state index is 0.0335. The predicted octanol–water partition coefficient (Wildman–Crippen LogP) is 8.93. The fourth-order valence-electron chi connectivity index (χ4n) is 7.91.